The maximum absolute atomic E-state index is 12.9. The van der Waals surface area contributed by atoms with Crippen LogP contribution in [0.1, 0.15) is 44.3 Å². The quantitative estimate of drug-likeness (QED) is 0.867. The molecule has 1 atom stereocenters. The van der Waals surface area contributed by atoms with Gasteiger partial charge in [0, 0.05) is 6.04 Å². The van der Waals surface area contributed by atoms with Gasteiger partial charge in [0.25, 0.3) is 0 Å². The zero-order valence-electron chi connectivity index (χ0n) is 12.6. The molecule has 20 heavy (non-hydrogen) atoms. The normalized spacial score (nSPS) is 19.1. The van der Waals surface area contributed by atoms with E-state index in [-0.39, 0.29) is 11.9 Å². The Bertz CT molecular complexity index is 385. The molecule has 0 amide bonds. The van der Waals surface area contributed by atoms with Crippen molar-refractivity contribution in [2.24, 2.45) is 5.92 Å². The lowest BCUT2D eigenvalue weighted by Gasteiger charge is -2.29. The molecule has 3 nitrogen and oxygen atoms in total. The summed E-state index contributed by atoms with van der Waals surface area (Å²) in [5.41, 5.74) is 0.942. The molecule has 1 unspecified atom stereocenters. The van der Waals surface area contributed by atoms with E-state index in [4.69, 9.17) is 0 Å². The van der Waals surface area contributed by atoms with Crippen LogP contribution in [0.2, 0.25) is 0 Å². The predicted octanol–water partition coefficient (Wildman–Crippen LogP) is 2.99. The van der Waals surface area contributed by atoms with E-state index >= 15 is 0 Å². The van der Waals surface area contributed by atoms with Crippen LogP contribution in [-0.2, 0) is 0 Å². The highest BCUT2D eigenvalue weighted by Crippen LogP contribution is 2.20. The van der Waals surface area contributed by atoms with Crippen LogP contribution in [0.4, 0.5) is 4.39 Å². The van der Waals surface area contributed by atoms with E-state index in [1.54, 1.807) is 6.07 Å². The molecule has 1 aliphatic heterocycles. The topological polar surface area (TPSA) is 28.2 Å². The molecule has 1 aliphatic rings. The molecule has 0 aromatic carbocycles. The smallest absolute Gasteiger partial charge is 0.141 e. The summed E-state index contributed by atoms with van der Waals surface area (Å²) >= 11 is 0. The van der Waals surface area contributed by atoms with E-state index in [1.165, 1.54) is 44.6 Å². The van der Waals surface area contributed by atoms with Crippen molar-refractivity contribution in [3.8, 4) is 0 Å². The highest BCUT2D eigenvalue weighted by Gasteiger charge is 2.17. The van der Waals surface area contributed by atoms with Crippen LogP contribution in [0.3, 0.4) is 0 Å². The number of hydrogen-bond acceptors (Lipinski definition) is 3. The summed E-state index contributed by atoms with van der Waals surface area (Å²) in [4.78, 5) is 6.58. The lowest BCUT2D eigenvalue weighted by molar-refractivity contribution is 0.210. The van der Waals surface area contributed by atoms with Crippen LogP contribution in [0.25, 0.3) is 0 Å². The third-order valence-corrected chi connectivity index (χ3v) is 4.30. The van der Waals surface area contributed by atoms with E-state index in [2.05, 4.69) is 29.2 Å². The van der Waals surface area contributed by atoms with E-state index < -0.39 is 0 Å². The minimum absolute atomic E-state index is 0.238. The van der Waals surface area contributed by atoms with Gasteiger partial charge in [0.2, 0.25) is 0 Å². The van der Waals surface area contributed by atoms with Crippen molar-refractivity contribution in [3.63, 3.8) is 0 Å². The molecule has 2 rings (SSSR count). The zero-order valence-corrected chi connectivity index (χ0v) is 12.6. The standard InChI is InChI=1S/C16H26FN3/c1-3-15(16-5-4-14(17)12-19-16)18-9-6-13-7-10-20(2)11-8-13/h4-5,12-13,15,18H,3,6-11H2,1-2H3. The number of rotatable bonds is 6. The Balaban J connectivity index is 1.75. The highest BCUT2D eigenvalue weighted by atomic mass is 19.1. The molecule has 1 N–H and O–H groups in total. The number of nitrogens with one attached hydrogen (secondary N) is 1. The van der Waals surface area contributed by atoms with Crippen molar-refractivity contribution in [2.75, 3.05) is 26.7 Å². The van der Waals surface area contributed by atoms with Gasteiger partial charge in [-0.25, -0.2) is 4.39 Å². The van der Waals surface area contributed by atoms with Crippen molar-refractivity contribution in [1.29, 1.82) is 0 Å². The minimum atomic E-state index is -0.269. The zero-order chi connectivity index (χ0) is 14.4. The number of likely N-dealkylation sites (tertiary alicyclic amines) is 1. The Labute approximate surface area is 121 Å². The second-order valence-corrected chi connectivity index (χ2v) is 5.85. The van der Waals surface area contributed by atoms with Crippen molar-refractivity contribution >= 4 is 0 Å². The van der Waals surface area contributed by atoms with E-state index in [1.807, 2.05) is 0 Å². The third-order valence-electron chi connectivity index (χ3n) is 4.30. The Kier molecular flexibility index (Phi) is 5.92. The summed E-state index contributed by atoms with van der Waals surface area (Å²) in [5.74, 6) is 0.576. The van der Waals surface area contributed by atoms with Gasteiger partial charge in [-0.1, -0.05) is 6.92 Å². The van der Waals surface area contributed by atoms with Crippen molar-refractivity contribution in [2.45, 2.75) is 38.6 Å². The predicted molar refractivity (Wildman–Crippen MR) is 80.1 cm³/mol. The van der Waals surface area contributed by atoms with E-state index in [0.29, 0.717) is 0 Å². The Morgan fingerprint density at radius 1 is 1.40 bits per heavy atom. The molecule has 112 valence electrons. The highest BCUT2D eigenvalue weighted by molar-refractivity contribution is 5.09. The molecule has 0 aliphatic carbocycles. The van der Waals surface area contributed by atoms with Gasteiger partial charge in [-0.2, -0.15) is 0 Å². The van der Waals surface area contributed by atoms with Crippen LogP contribution >= 0.6 is 0 Å². The van der Waals surface area contributed by atoms with Gasteiger partial charge < -0.3 is 10.2 Å². The molecular formula is C16H26FN3. The molecule has 1 aromatic rings. The fourth-order valence-electron chi connectivity index (χ4n) is 2.86. The fourth-order valence-corrected chi connectivity index (χ4v) is 2.86. The van der Waals surface area contributed by atoms with Crippen LogP contribution in [-0.4, -0.2) is 36.6 Å². The molecule has 0 saturated carbocycles. The lowest BCUT2D eigenvalue weighted by Crippen LogP contribution is -2.32. The van der Waals surface area contributed by atoms with Gasteiger partial charge in [0.1, 0.15) is 5.82 Å². The maximum atomic E-state index is 12.9. The van der Waals surface area contributed by atoms with Gasteiger partial charge in [0.15, 0.2) is 0 Å². The number of piperidine rings is 1. The summed E-state index contributed by atoms with van der Waals surface area (Å²) in [6, 6.07) is 3.51. The molecule has 2 heterocycles. The van der Waals surface area contributed by atoms with Crippen molar-refractivity contribution in [1.82, 2.24) is 15.2 Å². The number of halogens is 1. The van der Waals surface area contributed by atoms with Crippen molar-refractivity contribution in [3.05, 3.63) is 29.8 Å². The first kappa shape index (κ1) is 15.4. The number of aromatic nitrogens is 1. The second kappa shape index (κ2) is 7.70. The molecule has 1 fully saturated rings. The van der Waals surface area contributed by atoms with E-state index in [9.17, 15) is 4.39 Å². The van der Waals surface area contributed by atoms with Gasteiger partial charge in [-0.3, -0.25) is 4.98 Å². The fraction of sp³-hybridized carbons (Fsp3) is 0.688. The summed E-state index contributed by atoms with van der Waals surface area (Å²) in [6.45, 7) is 5.60. The summed E-state index contributed by atoms with van der Waals surface area (Å²) in [7, 11) is 2.20. The van der Waals surface area contributed by atoms with Crippen LogP contribution in [0.5, 0.6) is 0 Å². The Hall–Kier alpha value is -1.00. The summed E-state index contributed by atoms with van der Waals surface area (Å²) in [5, 5.41) is 3.57. The van der Waals surface area contributed by atoms with Gasteiger partial charge in [-0.15, -0.1) is 0 Å². The molecule has 1 saturated heterocycles. The summed E-state index contributed by atoms with van der Waals surface area (Å²) < 4.78 is 12.9. The minimum Gasteiger partial charge on any atom is -0.309 e. The van der Waals surface area contributed by atoms with Gasteiger partial charge >= 0.3 is 0 Å². The average molecular weight is 279 g/mol. The first-order valence-corrected chi connectivity index (χ1v) is 7.72. The lowest BCUT2D eigenvalue weighted by atomic mass is 9.93. The van der Waals surface area contributed by atoms with Gasteiger partial charge in [-0.05, 0) is 70.4 Å². The molecule has 0 radical (unpaired) electrons. The summed E-state index contributed by atoms with van der Waals surface area (Å²) in [6.07, 6.45) is 6.13. The maximum Gasteiger partial charge on any atom is 0.141 e. The first-order chi connectivity index (χ1) is 9.69. The van der Waals surface area contributed by atoms with Crippen LogP contribution < -0.4 is 5.32 Å². The largest absolute Gasteiger partial charge is 0.309 e. The molecule has 1 aromatic heterocycles. The average Bonchev–Trinajstić information content (AvgIpc) is 2.47. The number of pyridine rings is 1. The number of nitrogens with zero attached hydrogens (tertiary/aromatic N) is 2. The molecule has 0 bridgehead atoms. The van der Waals surface area contributed by atoms with E-state index in [0.717, 1.165) is 24.6 Å². The second-order valence-electron chi connectivity index (χ2n) is 5.85. The van der Waals surface area contributed by atoms with Gasteiger partial charge in [0.05, 0.1) is 11.9 Å². The van der Waals surface area contributed by atoms with Crippen molar-refractivity contribution < 1.29 is 4.39 Å². The molecule has 0 spiro atoms. The third kappa shape index (κ3) is 4.53. The SMILES string of the molecule is CCC(NCCC1CCN(C)CC1)c1ccc(F)cn1. The Morgan fingerprint density at radius 2 is 2.15 bits per heavy atom. The monoisotopic (exact) mass is 279 g/mol. The molecule has 4 heteroatoms. The first-order valence-electron chi connectivity index (χ1n) is 7.72. The molecular weight excluding hydrogens is 253 g/mol. The number of hydrogen-bond donors (Lipinski definition) is 1. The van der Waals surface area contributed by atoms with Crippen LogP contribution in [0, 0.1) is 11.7 Å². The van der Waals surface area contributed by atoms with Crippen LogP contribution in [0.15, 0.2) is 18.3 Å². The Morgan fingerprint density at radius 3 is 2.75 bits per heavy atom.